The van der Waals surface area contributed by atoms with Gasteiger partial charge in [-0.1, -0.05) is 29.8 Å². The molecule has 0 radical (unpaired) electrons. The van der Waals surface area contributed by atoms with E-state index in [0.717, 1.165) is 11.4 Å². The first-order valence-electron chi connectivity index (χ1n) is 4.72. The Labute approximate surface area is 88.4 Å². The highest BCUT2D eigenvalue weighted by atomic mass is 35.5. The minimum absolute atomic E-state index is 0.232. The van der Waals surface area contributed by atoms with Crippen molar-refractivity contribution in [1.82, 2.24) is 0 Å². The van der Waals surface area contributed by atoms with E-state index in [1.54, 1.807) is 6.08 Å². The van der Waals surface area contributed by atoms with Gasteiger partial charge in [-0.05, 0) is 30.2 Å². The molecule has 0 bridgehead atoms. The Morgan fingerprint density at radius 3 is 2.50 bits per heavy atom. The number of allylic oxidation sites excluding steroid dienone is 2. The molecule has 14 heavy (non-hydrogen) atoms. The van der Waals surface area contributed by atoms with Crippen molar-refractivity contribution < 1.29 is 4.79 Å². The topological polar surface area (TPSA) is 17.1 Å². The molecule has 1 unspecified atom stereocenters. The molecule has 2 heteroatoms. The molecule has 1 aromatic carbocycles. The molecule has 0 amide bonds. The SMILES string of the molecule is O=C1C=CC(c2ccc(Cl)cc2)CC1. The lowest BCUT2D eigenvalue weighted by Crippen LogP contribution is -2.05. The van der Waals surface area contributed by atoms with Crippen LogP contribution in [0.2, 0.25) is 5.02 Å². The van der Waals surface area contributed by atoms with Crippen LogP contribution in [-0.2, 0) is 4.79 Å². The van der Waals surface area contributed by atoms with Gasteiger partial charge in [-0.2, -0.15) is 0 Å². The summed E-state index contributed by atoms with van der Waals surface area (Å²) in [6.45, 7) is 0. The van der Waals surface area contributed by atoms with Crippen molar-refractivity contribution in [1.29, 1.82) is 0 Å². The largest absolute Gasteiger partial charge is 0.295 e. The number of benzene rings is 1. The van der Waals surface area contributed by atoms with E-state index >= 15 is 0 Å². The molecule has 0 heterocycles. The maximum absolute atomic E-state index is 11.0. The molecule has 1 aliphatic carbocycles. The molecule has 0 fully saturated rings. The van der Waals surface area contributed by atoms with Crippen LogP contribution in [0.3, 0.4) is 0 Å². The van der Waals surface area contributed by atoms with Crippen LogP contribution in [0.4, 0.5) is 0 Å². The Kier molecular flexibility index (Phi) is 2.69. The van der Waals surface area contributed by atoms with E-state index in [2.05, 4.69) is 0 Å². The highest BCUT2D eigenvalue weighted by molar-refractivity contribution is 6.30. The first-order chi connectivity index (χ1) is 6.75. The molecule has 1 nitrogen and oxygen atoms in total. The number of halogens is 1. The fourth-order valence-electron chi connectivity index (χ4n) is 1.69. The smallest absolute Gasteiger partial charge is 0.155 e. The van der Waals surface area contributed by atoms with Crippen LogP contribution in [0.15, 0.2) is 36.4 Å². The second kappa shape index (κ2) is 3.97. The lowest BCUT2D eigenvalue weighted by Gasteiger charge is -2.15. The van der Waals surface area contributed by atoms with E-state index in [1.165, 1.54) is 5.56 Å². The van der Waals surface area contributed by atoms with Gasteiger partial charge in [0.15, 0.2) is 5.78 Å². The molecule has 0 aromatic heterocycles. The van der Waals surface area contributed by atoms with Gasteiger partial charge in [-0.15, -0.1) is 0 Å². The van der Waals surface area contributed by atoms with Crippen LogP contribution in [-0.4, -0.2) is 5.78 Å². The highest BCUT2D eigenvalue weighted by Gasteiger charge is 2.14. The van der Waals surface area contributed by atoms with E-state index < -0.39 is 0 Å². The Hall–Kier alpha value is -1.08. The van der Waals surface area contributed by atoms with Gasteiger partial charge < -0.3 is 0 Å². The summed E-state index contributed by atoms with van der Waals surface area (Å²) in [5.74, 6) is 0.611. The van der Waals surface area contributed by atoms with Gasteiger partial charge in [-0.25, -0.2) is 0 Å². The van der Waals surface area contributed by atoms with E-state index in [1.807, 2.05) is 30.3 Å². The lowest BCUT2D eigenvalue weighted by molar-refractivity contribution is -0.115. The molecule has 0 saturated carbocycles. The van der Waals surface area contributed by atoms with Gasteiger partial charge in [0.1, 0.15) is 0 Å². The zero-order chi connectivity index (χ0) is 9.97. The molecule has 1 aliphatic rings. The van der Waals surface area contributed by atoms with Crippen molar-refractivity contribution in [2.24, 2.45) is 0 Å². The standard InChI is InChI=1S/C12H11ClO/c13-11-5-1-9(2-6-11)10-3-7-12(14)8-4-10/h1-3,5-7,10H,4,8H2. The first kappa shape index (κ1) is 9.47. The van der Waals surface area contributed by atoms with Crippen molar-refractivity contribution in [3.8, 4) is 0 Å². The molecule has 2 rings (SSSR count). The third-order valence-electron chi connectivity index (χ3n) is 2.51. The average Bonchev–Trinajstić information content (AvgIpc) is 2.21. The van der Waals surface area contributed by atoms with Crippen molar-refractivity contribution in [2.45, 2.75) is 18.8 Å². The predicted octanol–water partition coefficient (Wildman–Crippen LogP) is 3.34. The molecule has 0 saturated heterocycles. The zero-order valence-corrected chi connectivity index (χ0v) is 8.50. The van der Waals surface area contributed by atoms with Crippen LogP contribution in [0.1, 0.15) is 24.3 Å². The molecule has 0 aliphatic heterocycles. The quantitative estimate of drug-likeness (QED) is 0.689. The maximum Gasteiger partial charge on any atom is 0.155 e. The third kappa shape index (κ3) is 2.05. The Morgan fingerprint density at radius 2 is 1.93 bits per heavy atom. The summed E-state index contributed by atoms with van der Waals surface area (Å²) in [7, 11) is 0. The molecule has 1 aromatic rings. The van der Waals surface area contributed by atoms with Crippen molar-refractivity contribution >= 4 is 17.4 Å². The third-order valence-corrected chi connectivity index (χ3v) is 2.77. The highest BCUT2D eigenvalue weighted by Crippen LogP contribution is 2.27. The summed E-state index contributed by atoms with van der Waals surface area (Å²) in [6, 6.07) is 7.82. The van der Waals surface area contributed by atoms with Gasteiger partial charge in [0, 0.05) is 17.4 Å². The average molecular weight is 207 g/mol. The van der Waals surface area contributed by atoms with E-state index in [9.17, 15) is 4.79 Å². The number of ketones is 1. The minimum atomic E-state index is 0.232. The van der Waals surface area contributed by atoms with Gasteiger partial charge in [0.05, 0.1) is 0 Å². The Balaban J connectivity index is 2.20. The van der Waals surface area contributed by atoms with Gasteiger partial charge in [0.25, 0.3) is 0 Å². The summed E-state index contributed by atoms with van der Waals surface area (Å²) in [5.41, 5.74) is 1.23. The molecule has 72 valence electrons. The van der Waals surface area contributed by atoms with Crippen LogP contribution < -0.4 is 0 Å². The van der Waals surface area contributed by atoms with E-state index in [0.29, 0.717) is 12.3 Å². The first-order valence-corrected chi connectivity index (χ1v) is 5.10. The van der Waals surface area contributed by atoms with Crippen LogP contribution in [0.25, 0.3) is 0 Å². The fraction of sp³-hybridized carbons (Fsp3) is 0.250. The maximum atomic E-state index is 11.0. The summed E-state index contributed by atoms with van der Waals surface area (Å²) >= 11 is 5.80. The van der Waals surface area contributed by atoms with E-state index in [-0.39, 0.29) is 5.78 Å². The molecular weight excluding hydrogens is 196 g/mol. The lowest BCUT2D eigenvalue weighted by atomic mass is 9.89. The summed E-state index contributed by atoms with van der Waals surface area (Å²) in [6.07, 6.45) is 5.23. The van der Waals surface area contributed by atoms with Crippen molar-refractivity contribution in [3.63, 3.8) is 0 Å². The summed E-state index contributed by atoms with van der Waals surface area (Å²) in [4.78, 5) is 11.0. The van der Waals surface area contributed by atoms with Gasteiger partial charge in [-0.3, -0.25) is 4.79 Å². The molecule has 0 N–H and O–H groups in total. The fourth-order valence-corrected chi connectivity index (χ4v) is 1.81. The number of carbonyl (C=O) groups excluding carboxylic acids is 1. The number of hydrogen-bond acceptors (Lipinski definition) is 1. The minimum Gasteiger partial charge on any atom is -0.295 e. The van der Waals surface area contributed by atoms with Gasteiger partial charge in [0.2, 0.25) is 0 Å². The summed E-state index contributed by atoms with van der Waals surface area (Å²) in [5, 5.41) is 0.754. The number of carbonyl (C=O) groups is 1. The van der Waals surface area contributed by atoms with Crippen molar-refractivity contribution in [2.75, 3.05) is 0 Å². The van der Waals surface area contributed by atoms with Crippen molar-refractivity contribution in [3.05, 3.63) is 47.0 Å². The second-order valence-corrected chi connectivity index (χ2v) is 3.96. The number of rotatable bonds is 1. The second-order valence-electron chi connectivity index (χ2n) is 3.52. The predicted molar refractivity (Wildman–Crippen MR) is 57.6 cm³/mol. The van der Waals surface area contributed by atoms with E-state index in [4.69, 9.17) is 11.6 Å². The van der Waals surface area contributed by atoms with Gasteiger partial charge >= 0.3 is 0 Å². The molecule has 1 atom stereocenters. The zero-order valence-electron chi connectivity index (χ0n) is 7.74. The Morgan fingerprint density at radius 1 is 1.21 bits per heavy atom. The number of hydrogen-bond donors (Lipinski definition) is 0. The normalized spacial score (nSPS) is 21.2. The molecular formula is C12H11ClO. The van der Waals surface area contributed by atoms with Crippen LogP contribution in [0.5, 0.6) is 0 Å². The van der Waals surface area contributed by atoms with Crippen LogP contribution in [0, 0.1) is 0 Å². The Bertz CT molecular complexity index is 364. The monoisotopic (exact) mass is 206 g/mol. The molecule has 0 spiro atoms. The van der Waals surface area contributed by atoms with Crippen LogP contribution >= 0.6 is 11.6 Å². The summed E-state index contributed by atoms with van der Waals surface area (Å²) < 4.78 is 0.